The second-order valence-electron chi connectivity index (χ2n) is 6.03. The Hall–Kier alpha value is -3.22. The van der Waals surface area contributed by atoms with Gasteiger partial charge in [-0.05, 0) is 42.8 Å². The third-order valence-corrected chi connectivity index (χ3v) is 4.00. The third-order valence-electron chi connectivity index (χ3n) is 4.00. The van der Waals surface area contributed by atoms with Gasteiger partial charge in [0.25, 0.3) is 11.8 Å². The molecule has 7 nitrogen and oxygen atoms in total. The van der Waals surface area contributed by atoms with Crippen LogP contribution in [0.2, 0.25) is 0 Å². The molecule has 2 aromatic rings. The van der Waals surface area contributed by atoms with Gasteiger partial charge in [0.2, 0.25) is 0 Å². The van der Waals surface area contributed by atoms with Gasteiger partial charge in [-0.1, -0.05) is 13.3 Å². The fourth-order valence-electron chi connectivity index (χ4n) is 2.39. The zero-order valence-corrected chi connectivity index (χ0v) is 15.7. The normalized spacial score (nSPS) is 10.2. The van der Waals surface area contributed by atoms with Crippen molar-refractivity contribution in [2.75, 3.05) is 26.0 Å². The van der Waals surface area contributed by atoms with Gasteiger partial charge in [-0.15, -0.1) is 0 Å². The van der Waals surface area contributed by atoms with Crippen LogP contribution in [0.5, 0.6) is 0 Å². The Labute approximate surface area is 158 Å². The number of carbonyl (C=O) groups is 3. The van der Waals surface area contributed by atoms with E-state index in [0.717, 1.165) is 12.8 Å². The number of nitrogens with zero attached hydrogens (tertiary/aromatic N) is 2. The zero-order valence-electron chi connectivity index (χ0n) is 15.7. The average molecular weight is 369 g/mol. The van der Waals surface area contributed by atoms with Crippen LogP contribution in [0.4, 0.5) is 5.69 Å². The lowest BCUT2D eigenvalue weighted by atomic mass is 10.1. The van der Waals surface area contributed by atoms with E-state index in [1.807, 2.05) is 0 Å². The standard InChI is InChI=1S/C20H23N3O4/c1-4-5-12-23(2)19(25)17-13-15(10-11-21-17)18(24)22-16-8-6-14(7-9-16)20(26)27-3/h6-11,13H,4-5,12H2,1-3H3,(H,22,24). The highest BCUT2D eigenvalue weighted by Crippen LogP contribution is 2.13. The molecule has 0 saturated heterocycles. The second kappa shape index (κ2) is 9.47. The largest absolute Gasteiger partial charge is 0.465 e. The monoisotopic (exact) mass is 369 g/mol. The predicted octanol–water partition coefficient (Wildman–Crippen LogP) is 2.99. The summed E-state index contributed by atoms with van der Waals surface area (Å²) in [5.41, 5.74) is 1.47. The molecule has 0 radical (unpaired) electrons. The molecule has 27 heavy (non-hydrogen) atoms. The number of methoxy groups -OCH3 is 1. The molecule has 7 heteroatoms. The van der Waals surface area contributed by atoms with E-state index in [9.17, 15) is 14.4 Å². The Bertz CT molecular complexity index is 818. The van der Waals surface area contributed by atoms with Crippen LogP contribution in [0.15, 0.2) is 42.6 Å². The number of carbonyl (C=O) groups excluding carboxylic acids is 3. The molecule has 0 aliphatic rings. The van der Waals surface area contributed by atoms with Crippen LogP contribution in [0.3, 0.4) is 0 Å². The summed E-state index contributed by atoms with van der Waals surface area (Å²) in [7, 11) is 3.02. The number of rotatable bonds is 7. The third kappa shape index (κ3) is 5.37. The van der Waals surface area contributed by atoms with Crippen LogP contribution in [-0.2, 0) is 4.74 Å². The van der Waals surface area contributed by atoms with Gasteiger partial charge in [0, 0.05) is 31.0 Å². The SMILES string of the molecule is CCCCN(C)C(=O)c1cc(C(=O)Nc2ccc(C(=O)OC)cc2)ccn1. The predicted molar refractivity (Wildman–Crippen MR) is 102 cm³/mol. The number of hydrogen-bond donors (Lipinski definition) is 1. The lowest BCUT2D eigenvalue weighted by Gasteiger charge is -2.16. The molecular formula is C20H23N3O4. The maximum absolute atomic E-state index is 12.5. The molecule has 2 rings (SSSR count). The van der Waals surface area contributed by atoms with Gasteiger partial charge in [0.15, 0.2) is 0 Å². The first-order valence-corrected chi connectivity index (χ1v) is 8.67. The Morgan fingerprint density at radius 2 is 1.81 bits per heavy atom. The van der Waals surface area contributed by atoms with Gasteiger partial charge < -0.3 is 15.0 Å². The highest BCUT2D eigenvalue weighted by molar-refractivity contribution is 6.05. The topological polar surface area (TPSA) is 88.6 Å². The molecule has 0 bridgehead atoms. The van der Waals surface area contributed by atoms with Gasteiger partial charge >= 0.3 is 5.97 Å². The van der Waals surface area contributed by atoms with Crippen molar-refractivity contribution in [3.8, 4) is 0 Å². The molecule has 1 N–H and O–H groups in total. The quantitative estimate of drug-likeness (QED) is 0.758. The summed E-state index contributed by atoms with van der Waals surface area (Å²) in [4.78, 5) is 42.0. The van der Waals surface area contributed by atoms with Crippen molar-refractivity contribution in [1.82, 2.24) is 9.88 Å². The van der Waals surface area contributed by atoms with Gasteiger partial charge in [0.1, 0.15) is 5.69 Å². The molecule has 142 valence electrons. The van der Waals surface area contributed by atoms with Crippen molar-refractivity contribution in [2.24, 2.45) is 0 Å². The summed E-state index contributed by atoms with van der Waals surface area (Å²) >= 11 is 0. The molecule has 0 spiro atoms. The summed E-state index contributed by atoms with van der Waals surface area (Å²) < 4.78 is 4.64. The van der Waals surface area contributed by atoms with Crippen LogP contribution in [0.1, 0.15) is 51.0 Å². The Morgan fingerprint density at radius 1 is 1.11 bits per heavy atom. The van der Waals surface area contributed by atoms with E-state index in [1.54, 1.807) is 42.3 Å². The number of aromatic nitrogens is 1. The minimum Gasteiger partial charge on any atom is -0.465 e. The minimum absolute atomic E-state index is 0.222. The van der Waals surface area contributed by atoms with Crippen LogP contribution in [-0.4, -0.2) is 48.4 Å². The Balaban J connectivity index is 2.08. The van der Waals surface area contributed by atoms with Crippen LogP contribution in [0, 0.1) is 0 Å². The number of pyridine rings is 1. The summed E-state index contributed by atoms with van der Waals surface area (Å²) in [6.07, 6.45) is 3.34. The van der Waals surface area contributed by atoms with Crippen LogP contribution in [0.25, 0.3) is 0 Å². The van der Waals surface area contributed by atoms with E-state index in [2.05, 4.69) is 22.0 Å². The van der Waals surface area contributed by atoms with E-state index >= 15 is 0 Å². The molecule has 0 atom stereocenters. The number of amides is 2. The summed E-state index contributed by atoms with van der Waals surface area (Å²) in [5.74, 6) is -1.04. The van der Waals surface area contributed by atoms with Gasteiger partial charge in [-0.2, -0.15) is 0 Å². The van der Waals surface area contributed by atoms with Crippen molar-refractivity contribution in [3.05, 3.63) is 59.4 Å². The molecule has 2 amide bonds. The number of ether oxygens (including phenoxy) is 1. The lowest BCUT2D eigenvalue weighted by Crippen LogP contribution is -2.28. The molecule has 1 aromatic carbocycles. The Kier molecular flexibility index (Phi) is 7.05. The first-order valence-electron chi connectivity index (χ1n) is 8.67. The van der Waals surface area contributed by atoms with Crippen molar-refractivity contribution >= 4 is 23.5 Å². The summed E-state index contributed by atoms with van der Waals surface area (Å²) in [5, 5.41) is 2.73. The maximum atomic E-state index is 12.5. The molecule has 0 unspecified atom stereocenters. The number of anilines is 1. The lowest BCUT2D eigenvalue weighted by molar-refractivity contribution is 0.0600. The fraction of sp³-hybridized carbons (Fsp3) is 0.300. The van der Waals surface area contributed by atoms with Gasteiger partial charge in [0.05, 0.1) is 12.7 Å². The second-order valence-corrected chi connectivity index (χ2v) is 6.03. The molecule has 0 aliphatic carbocycles. The number of benzene rings is 1. The molecule has 1 aromatic heterocycles. The van der Waals surface area contributed by atoms with E-state index in [1.165, 1.54) is 19.4 Å². The van der Waals surface area contributed by atoms with Gasteiger partial charge in [-0.25, -0.2) is 4.79 Å². The zero-order chi connectivity index (χ0) is 19.8. The number of esters is 1. The van der Waals surface area contributed by atoms with E-state index in [4.69, 9.17) is 0 Å². The van der Waals surface area contributed by atoms with Crippen molar-refractivity contribution in [1.29, 1.82) is 0 Å². The van der Waals surface area contributed by atoms with E-state index < -0.39 is 5.97 Å². The summed E-state index contributed by atoms with van der Waals surface area (Å²) in [6.45, 7) is 2.69. The average Bonchev–Trinajstić information content (AvgIpc) is 2.71. The van der Waals surface area contributed by atoms with Crippen molar-refractivity contribution in [2.45, 2.75) is 19.8 Å². The maximum Gasteiger partial charge on any atom is 0.337 e. The van der Waals surface area contributed by atoms with Crippen LogP contribution < -0.4 is 5.32 Å². The number of nitrogens with one attached hydrogen (secondary N) is 1. The highest BCUT2D eigenvalue weighted by atomic mass is 16.5. The minimum atomic E-state index is -0.447. The van der Waals surface area contributed by atoms with Crippen LogP contribution >= 0.6 is 0 Å². The molecule has 0 aliphatic heterocycles. The number of unbranched alkanes of at least 4 members (excludes halogenated alkanes) is 1. The molecular weight excluding hydrogens is 346 g/mol. The van der Waals surface area contributed by atoms with Crippen molar-refractivity contribution in [3.63, 3.8) is 0 Å². The summed E-state index contributed by atoms with van der Waals surface area (Å²) in [6, 6.07) is 9.35. The molecule has 0 fully saturated rings. The Morgan fingerprint density at radius 3 is 2.44 bits per heavy atom. The van der Waals surface area contributed by atoms with E-state index in [-0.39, 0.29) is 17.5 Å². The fourth-order valence-corrected chi connectivity index (χ4v) is 2.39. The first kappa shape index (κ1) is 20.1. The van der Waals surface area contributed by atoms with Gasteiger partial charge in [-0.3, -0.25) is 14.6 Å². The molecule has 1 heterocycles. The number of hydrogen-bond acceptors (Lipinski definition) is 5. The molecule has 0 saturated carbocycles. The highest BCUT2D eigenvalue weighted by Gasteiger charge is 2.15. The van der Waals surface area contributed by atoms with Crippen molar-refractivity contribution < 1.29 is 19.1 Å². The smallest absolute Gasteiger partial charge is 0.337 e. The van der Waals surface area contributed by atoms with E-state index in [0.29, 0.717) is 23.4 Å². The first-order chi connectivity index (χ1) is 13.0.